The van der Waals surface area contributed by atoms with Gasteiger partial charge < -0.3 is 15.2 Å². The number of aromatic nitrogens is 1. The molecule has 0 aliphatic carbocycles. The van der Waals surface area contributed by atoms with Crippen LogP contribution in [-0.4, -0.2) is 24.2 Å². The second-order valence-corrected chi connectivity index (χ2v) is 3.56. The molecule has 100 valence electrons. The van der Waals surface area contributed by atoms with E-state index >= 15 is 0 Å². The van der Waals surface area contributed by atoms with Gasteiger partial charge in [-0.2, -0.15) is 0 Å². The van der Waals surface area contributed by atoms with Crippen molar-refractivity contribution in [1.29, 1.82) is 0 Å². The lowest BCUT2D eigenvalue weighted by Gasteiger charge is -2.08. The van der Waals surface area contributed by atoms with E-state index in [1.165, 1.54) is 0 Å². The summed E-state index contributed by atoms with van der Waals surface area (Å²) in [6.07, 6.45) is 5.19. The lowest BCUT2D eigenvalue weighted by atomic mass is 10.2. The first-order valence-electron chi connectivity index (χ1n) is 5.56. The van der Waals surface area contributed by atoms with E-state index in [0.717, 1.165) is 23.6 Å². The Balaban J connectivity index is 0.00000289. The summed E-state index contributed by atoms with van der Waals surface area (Å²) >= 11 is 0. The van der Waals surface area contributed by atoms with Crippen LogP contribution in [0.2, 0.25) is 0 Å². The van der Waals surface area contributed by atoms with Gasteiger partial charge in [0.15, 0.2) is 5.96 Å². The number of aliphatic imine (C=N–C) groups is 1. The van der Waals surface area contributed by atoms with E-state index in [4.69, 9.17) is 10.9 Å². The highest BCUT2D eigenvalue weighted by Gasteiger charge is 2.08. The molecule has 0 fully saturated rings. The van der Waals surface area contributed by atoms with Gasteiger partial charge in [-0.25, -0.2) is 4.99 Å². The van der Waals surface area contributed by atoms with Crippen LogP contribution >= 0.6 is 24.0 Å². The second-order valence-electron chi connectivity index (χ2n) is 3.56. The van der Waals surface area contributed by atoms with Gasteiger partial charge in [0, 0.05) is 12.1 Å². The van der Waals surface area contributed by atoms with Crippen molar-refractivity contribution in [3.05, 3.63) is 17.0 Å². The minimum atomic E-state index is 0. The first kappa shape index (κ1) is 16.8. The number of halogens is 1. The molecule has 6 heteroatoms. The summed E-state index contributed by atoms with van der Waals surface area (Å²) in [7, 11) is 0. The molecule has 0 aliphatic rings. The molecule has 0 spiro atoms. The van der Waals surface area contributed by atoms with Gasteiger partial charge in [0.2, 0.25) is 0 Å². The van der Waals surface area contributed by atoms with Crippen molar-refractivity contribution >= 4 is 29.9 Å². The molecule has 0 bridgehead atoms. The fourth-order valence-electron chi connectivity index (χ4n) is 1.36. The van der Waals surface area contributed by atoms with E-state index in [0.29, 0.717) is 19.0 Å². The average molecular weight is 362 g/mol. The number of aryl methyl sites for hydroxylation is 2. The normalized spacial score (nSPS) is 10.4. The zero-order chi connectivity index (χ0) is 12.7. The monoisotopic (exact) mass is 362 g/mol. The van der Waals surface area contributed by atoms with Crippen LogP contribution in [-0.2, 0) is 6.54 Å². The maximum Gasteiger partial charge on any atom is 0.192 e. The molecule has 5 nitrogen and oxygen atoms in total. The standard InChI is InChI=1S/C12H18N4O.HI/c1-5-7-14-12(13-6-2)15-8-11-9(3)16-17-10(11)4;/h1H,6-8H2,2-4H3,(H2,13,14,15);1H. The third-order valence-corrected chi connectivity index (χ3v) is 2.28. The van der Waals surface area contributed by atoms with Gasteiger partial charge >= 0.3 is 0 Å². The highest BCUT2D eigenvalue weighted by atomic mass is 127. The van der Waals surface area contributed by atoms with E-state index < -0.39 is 0 Å². The molecular formula is C12H19IN4O. The van der Waals surface area contributed by atoms with Crippen LogP contribution in [0.4, 0.5) is 0 Å². The summed E-state index contributed by atoms with van der Waals surface area (Å²) in [4.78, 5) is 4.41. The van der Waals surface area contributed by atoms with E-state index in [1.807, 2.05) is 20.8 Å². The first-order chi connectivity index (χ1) is 8.19. The van der Waals surface area contributed by atoms with Crippen LogP contribution in [0.5, 0.6) is 0 Å². The Bertz CT molecular complexity index is 414. The van der Waals surface area contributed by atoms with Gasteiger partial charge in [-0.15, -0.1) is 30.4 Å². The van der Waals surface area contributed by atoms with Crippen LogP contribution in [0.25, 0.3) is 0 Å². The zero-order valence-corrected chi connectivity index (χ0v) is 13.2. The van der Waals surface area contributed by atoms with Crippen molar-refractivity contribution < 1.29 is 4.52 Å². The van der Waals surface area contributed by atoms with Crippen LogP contribution in [0, 0.1) is 26.2 Å². The second kappa shape index (κ2) is 8.80. The molecule has 0 aromatic carbocycles. The van der Waals surface area contributed by atoms with E-state index in [9.17, 15) is 0 Å². The van der Waals surface area contributed by atoms with Gasteiger partial charge in [-0.3, -0.25) is 0 Å². The summed E-state index contributed by atoms with van der Waals surface area (Å²) in [6, 6.07) is 0. The topological polar surface area (TPSA) is 62.5 Å². The largest absolute Gasteiger partial charge is 0.361 e. The number of nitrogens with zero attached hydrogens (tertiary/aromatic N) is 2. The molecule has 0 unspecified atom stereocenters. The summed E-state index contributed by atoms with van der Waals surface area (Å²) in [5, 5.41) is 10.0. The Morgan fingerprint density at radius 3 is 2.67 bits per heavy atom. The third-order valence-electron chi connectivity index (χ3n) is 2.28. The van der Waals surface area contributed by atoms with Crippen molar-refractivity contribution in [2.75, 3.05) is 13.1 Å². The van der Waals surface area contributed by atoms with Gasteiger partial charge in [0.25, 0.3) is 0 Å². The minimum Gasteiger partial charge on any atom is -0.361 e. The molecule has 0 atom stereocenters. The number of hydrogen-bond acceptors (Lipinski definition) is 3. The van der Waals surface area contributed by atoms with Gasteiger partial charge in [0.1, 0.15) is 5.76 Å². The number of guanidine groups is 1. The Hall–Kier alpha value is -1.23. The summed E-state index contributed by atoms with van der Waals surface area (Å²) in [6.45, 7) is 7.56. The predicted molar refractivity (Wildman–Crippen MR) is 83.0 cm³/mol. The summed E-state index contributed by atoms with van der Waals surface area (Å²) in [5.74, 6) is 4.01. The molecule has 0 saturated heterocycles. The molecule has 0 radical (unpaired) electrons. The van der Waals surface area contributed by atoms with Crippen molar-refractivity contribution in [2.24, 2.45) is 4.99 Å². The lowest BCUT2D eigenvalue weighted by Crippen LogP contribution is -2.37. The molecular weight excluding hydrogens is 343 g/mol. The van der Waals surface area contributed by atoms with Gasteiger partial charge in [-0.05, 0) is 20.8 Å². The fourth-order valence-corrected chi connectivity index (χ4v) is 1.36. The maximum atomic E-state index is 5.19. The SMILES string of the molecule is C#CCNC(=NCc1c(C)noc1C)NCC.I. The van der Waals surface area contributed by atoms with Crippen LogP contribution < -0.4 is 10.6 Å². The quantitative estimate of drug-likeness (QED) is 0.370. The third kappa shape index (κ3) is 4.96. The molecule has 0 saturated carbocycles. The van der Waals surface area contributed by atoms with E-state index in [-0.39, 0.29) is 24.0 Å². The molecule has 2 N–H and O–H groups in total. The summed E-state index contributed by atoms with van der Waals surface area (Å²) < 4.78 is 5.08. The molecule has 1 rings (SSSR count). The molecule has 1 aromatic rings. The number of rotatable bonds is 4. The molecule has 0 aliphatic heterocycles. The fraction of sp³-hybridized carbons (Fsp3) is 0.500. The van der Waals surface area contributed by atoms with E-state index in [2.05, 4.69) is 26.7 Å². The smallest absolute Gasteiger partial charge is 0.192 e. The van der Waals surface area contributed by atoms with Crippen molar-refractivity contribution in [3.63, 3.8) is 0 Å². The highest BCUT2D eigenvalue weighted by Crippen LogP contribution is 2.12. The average Bonchev–Trinajstić information content (AvgIpc) is 2.63. The first-order valence-corrected chi connectivity index (χ1v) is 5.56. The Kier molecular flexibility index (Phi) is 8.20. The van der Waals surface area contributed by atoms with Crippen LogP contribution in [0.15, 0.2) is 9.52 Å². The van der Waals surface area contributed by atoms with Crippen LogP contribution in [0.1, 0.15) is 23.9 Å². The van der Waals surface area contributed by atoms with Crippen molar-refractivity contribution in [2.45, 2.75) is 27.3 Å². The van der Waals surface area contributed by atoms with Crippen LogP contribution in [0.3, 0.4) is 0 Å². The lowest BCUT2D eigenvalue weighted by molar-refractivity contribution is 0.392. The number of terminal acetylenes is 1. The Morgan fingerprint density at radius 2 is 2.17 bits per heavy atom. The zero-order valence-electron chi connectivity index (χ0n) is 10.9. The van der Waals surface area contributed by atoms with E-state index in [1.54, 1.807) is 0 Å². The highest BCUT2D eigenvalue weighted by molar-refractivity contribution is 14.0. The minimum absolute atomic E-state index is 0. The maximum absolute atomic E-state index is 5.19. The van der Waals surface area contributed by atoms with Gasteiger partial charge in [0.05, 0.1) is 18.8 Å². The molecule has 1 aromatic heterocycles. The summed E-state index contributed by atoms with van der Waals surface area (Å²) in [5.41, 5.74) is 1.89. The predicted octanol–water partition coefficient (Wildman–Crippen LogP) is 1.60. The molecule has 0 amide bonds. The number of hydrogen-bond donors (Lipinski definition) is 2. The van der Waals surface area contributed by atoms with Gasteiger partial charge in [-0.1, -0.05) is 11.1 Å². The van der Waals surface area contributed by atoms with Crippen molar-refractivity contribution in [3.8, 4) is 12.3 Å². The van der Waals surface area contributed by atoms with Crippen molar-refractivity contribution in [1.82, 2.24) is 15.8 Å². The molecule has 18 heavy (non-hydrogen) atoms. The Labute approximate surface area is 125 Å². The Morgan fingerprint density at radius 1 is 1.44 bits per heavy atom. The molecule has 1 heterocycles. The number of nitrogens with one attached hydrogen (secondary N) is 2.